The highest BCUT2D eigenvalue weighted by molar-refractivity contribution is 7.09. The van der Waals surface area contributed by atoms with Crippen LogP contribution >= 0.6 is 11.3 Å². The van der Waals surface area contributed by atoms with Crippen LogP contribution in [0.15, 0.2) is 64.6 Å². The molecule has 1 aliphatic heterocycles. The van der Waals surface area contributed by atoms with E-state index in [1.165, 1.54) is 11.6 Å². The number of esters is 2. The lowest BCUT2D eigenvalue weighted by molar-refractivity contribution is -0.148. The second-order valence-electron chi connectivity index (χ2n) is 9.95. The molecule has 2 heterocycles. The molecule has 202 valence electrons. The first kappa shape index (κ1) is 30.5. The first-order valence-corrected chi connectivity index (χ1v) is 13.8. The molecule has 0 aliphatic carbocycles. The Hall–Kier alpha value is -2.77. The van der Waals surface area contributed by atoms with Gasteiger partial charge < -0.3 is 14.4 Å². The van der Waals surface area contributed by atoms with Gasteiger partial charge in [0.25, 0.3) is 0 Å². The number of aromatic nitrogens is 1. The molecule has 7 heteroatoms. The number of thiazole rings is 1. The molecule has 0 radical (unpaired) electrons. The van der Waals surface area contributed by atoms with Crippen LogP contribution in [0.1, 0.15) is 64.1 Å². The topological polar surface area (TPSA) is 68.7 Å². The van der Waals surface area contributed by atoms with E-state index in [0.717, 1.165) is 47.7 Å². The lowest BCUT2D eigenvalue weighted by atomic mass is 10.1. The second-order valence-corrected chi connectivity index (χ2v) is 10.9. The normalized spacial score (nSPS) is 22.6. The fourth-order valence-electron chi connectivity index (χ4n) is 3.77. The molecular weight excluding hydrogens is 484 g/mol. The van der Waals surface area contributed by atoms with Gasteiger partial charge in [0.1, 0.15) is 12.2 Å². The summed E-state index contributed by atoms with van der Waals surface area (Å²) in [6.07, 6.45) is 16.6. The first-order valence-electron chi connectivity index (χ1n) is 13.0. The maximum Gasteiger partial charge on any atom is 0.331 e. The molecule has 2 rings (SSSR count). The minimum Gasteiger partial charge on any atom is -0.462 e. The van der Waals surface area contributed by atoms with Crippen LogP contribution in [0.2, 0.25) is 0 Å². The van der Waals surface area contributed by atoms with E-state index in [0.29, 0.717) is 19.3 Å². The van der Waals surface area contributed by atoms with E-state index in [4.69, 9.17) is 14.5 Å². The smallest absolute Gasteiger partial charge is 0.331 e. The number of carbonyl (C=O) groups is 2. The number of nitrogens with zero attached hydrogens (tertiary/aromatic N) is 2. The molecule has 0 fully saturated rings. The Bertz CT molecular complexity index is 1050. The summed E-state index contributed by atoms with van der Waals surface area (Å²) in [6, 6.07) is 0. The summed E-state index contributed by atoms with van der Waals surface area (Å²) in [4.78, 5) is 31.6. The van der Waals surface area contributed by atoms with Gasteiger partial charge in [0.2, 0.25) is 0 Å². The number of rotatable bonds is 5. The molecule has 0 saturated heterocycles. The zero-order chi connectivity index (χ0) is 27.2. The number of likely N-dealkylation sites (N-methyl/N-ethyl adjacent to an activating group) is 1. The third kappa shape index (κ3) is 13.4. The van der Waals surface area contributed by atoms with Gasteiger partial charge in [-0.25, -0.2) is 9.78 Å². The predicted octanol–water partition coefficient (Wildman–Crippen LogP) is 6.16. The van der Waals surface area contributed by atoms with Crippen molar-refractivity contribution in [1.82, 2.24) is 9.88 Å². The first-order chi connectivity index (χ1) is 17.6. The Kier molecular flexibility index (Phi) is 13.3. The van der Waals surface area contributed by atoms with Crippen molar-refractivity contribution < 1.29 is 19.1 Å². The van der Waals surface area contributed by atoms with Gasteiger partial charge in [0.05, 0.1) is 10.7 Å². The number of aryl methyl sites for hydroxylation is 1. The van der Waals surface area contributed by atoms with Gasteiger partial charge in [-0.15, -0.1) is 11.3 Å². The van der Waals surface area contributed by atoms with Crippen LogP contribution in [0.25, 0.3) is 0 Å². The highest BCUT2D eigenvalue weighted by Crippen LogP contribution is 2.18. The average molecular weight is 527 g/mol. The number of hydrogen-bond donors (Lipinski definition) is 0. The lowest BCUT2D eigenvalue weighted by Crippen LogP contribution is -2.17. The molecule has 1 unspecified atom stereocenters. The summed E-state index contributed by atoms with van der Waals surface area (Å²) >= 11 is 1.58. The molecule has 0 amide bonds. The van der Waals surface area contributed by atoms with E-state index in [1.807, 2.05) is 53.1 Å². The van der Waals surface area contributed by atoms with E-state index < -0.39 is 12.1 Å². The molecule has 2 atom stereocenters. The zero-order valence-electron chi connectivity index (χ0n) is 23.2. The molecule has 1 aliphatic rings. The molecule has 0 N–H and O–H groups in total. The number of fused-ring (bicyclic) bond motifs is 2. The number of ether oxygens (including phenoxy) is 2. The average Bonchev–Trinajstić information content (AvgIpc) is 3.25. The quantitative estimate of drug-likeness (QED) is 0.338. The summed E-state index contributed by atoms with van der Waals surface area (Å²) in [5, 5.41) is 2.98. The Morgan fingerprint density at radius 2 is 1.84 bits per heavy atom. The Morgan fingerprint density at radius 3 is 2.59 bits per heavy atom. The van der Waals surface area contributed by atoms with Crippen LogP contribution in [-0.4, -0.2) is 54.7 Å². The van der Waals surface area contributed by atoms with Gasteiger partial charge in [-0.3, -0.25) is 4.79 Å². The van der Waals surface area contributed by atoms with Crippen LogP contribution < -0.4 is 0 Å². The van der Waals surface area contributed by atoms with E-state index in [1.54, 1.807) is 17.4 Å². The number of carbonyl (C=O) groups excluding carboxylic acids is 2. The summed E-state index contributed by atoms with van der Waals surface area (Å²) in [5.74, 6) is -0.572. The van der Waals surface area contributed by atoms with Crippen molar-refractivity contribution in [3.63, 3.8) is 0 Å². The van der Waals surface area contributed by atoms with E-state index >= 15 is 0 Å². The third-order valence-corrected chi connectivity index (χ3v) is 6.62. The van der Waals surface area contributed by atoms with Crippen molar-refractivity contribution in [2.24, 2.45) is 0 Å². The fraction of sp³-hybridized carbons (Fsp3) is 0.500. The van der Waals surface area contributed by atoms with Gasteiger partial charge in [-0.1, -0.05) is 47.1 Å². The Morgan fingerprint density at radius 1 is 1.11 bits per heavy atom. The highest BCUT2D eigenvalue weighted by Gasteiger charge is 2.15. The van der Waals surface area contributed by atoms with Crippen molar-refractivity contribution >= 4 is 23.3 Å². The molecule has 37 heavy (non-hydrogen) atoms. The minimum absolute atomic E-state index is 0.168. The molecule has 0 spiro atoms. The van der Waals surface area contributed by atoms with Gasteiger partial charge in [0.15, 0.2) is 0 Å². The molecule has 6 nitrogen and oxygen atoms in total. The molecule has 0 saturated carbocycles. The molecule has 2 bridgehead atoms. The third-order valence-electron chi connectivity index (χ3n) is 5.70. The van der Waals surface area contributed by atoms with E-state index in [9.17, 15) is 9.59 Å². The van der Waals surface area contributed by atoms with Gasteiger partial charge in [-0.2, -0.15) is 0 Å². The number of hydrogen-bond acceptors (Lipinski definition) is 7. The van der Waals surface area contributed by atoms with Crippen LogP contribution in [-0.2, 0) is 31.9 Å². The van der Waals surface area contributed by atoms with Crippen molar-refractivity contribution in [3.8, 4) is 0 Å². The van der Waals surface area contributed by atoms with Crippen molar-refractivity contribution in [2.45, 2.75) is 78.4 Å². The summed E-state index contributed by atoms with van der Waals surface area (Å²) < 4.78 is 11.3. The van der Waals surface area contributed by atoms with Gasteiger partial charge in [-0.05, 0) is 67.1 Å². The standard InChI is InChI=1S/C30H42N2O4S/c1-22(16-17-32(5)6)14-15-24(3)19-27-20-28-31-26(21-37-28)11-7-8-12-29(33)35-25(4)18-23(2)10-9-13-30(34)36-27/h9-10,13-16,19,21,25,27H,7-8,11-12,17-18,20H2,1-6H3/b13-9-,15-14+,22-16+,23-10?,24-19+/t25-,27?/m1/s1. The highest BCUT2D eigenvalue weighted by atomic mass is 32.1. The van der Waals surface area contributed by atoms with Crippen molar-refractivity contribution in [1.29, 1.82) is 0 Å². The van der Waals surface area contributed by atoms with Gasteiger partial charge in [0, 0.05) is 37.3 Å². The van der Waals surface area contributed by atoms with Crippen LogP contribution in [0.4, 0.5) is 0 Å². The summed E-state index contributed by atoms with van der Waals surface area (Å²) in [6.45, 7) is 8.82. The Balaban J connectivity index is 2.21. The molecule has 1 aromatic heterocycles. The maximum absolute atomic E-state index is 12.6. The molecule has 0 aromatic carbocycles. The van der Waals surface area contributed by atoms with Crippen molar-refractivity contribution in [2.75, 3.05) is 20.6 Å². The molecule has 1 aromatic rings. The van der Waals surface area contributed by atoms with Crippen LogP contribution in [0, 0.1) is 0 Å². The SMILES string of the molecule is CC1=C/C=C\C(=O)OC(/C=C(C)/C=C/C(C)=C/CN(C)C)Cc2nc(cs2)CCCCC(=O)O[C@H](C)C1. The second kappa shape index (κ2) is 16.2. The minimum atomic E-state index is -0.426. The zero-order valence-corrected chi connectivity index (χ0v) is 24.0. The lowest BCUT2D eigenvalue weighted by Gasteiger charge is -2.13. The molecular formula is C30H42N2O4S. The maximum atomic E-state index is 12.6. The largest absolute Gasteiger partial charge is 0.462 e. The fourth-order valence-corrected chi connectivity index (χ4v) is 4.64. The van der Waals surface area contributed by atoms with Crippen LogP contribution in [0.3, 0.4) is 0 Å². The predicted molar refractivity (Wildman–Crippen MR) is 152 cm³/mol. The number of allylic oxidation sites excluding steroid dienone is 6. The summed E-state index contributed by atoms with van der Waals surface area (Å²) in [7, 11) is 4.08. The summed E-state index contributed by atoms with van der Waals surface area (Å²) in [5.41, 5.74) is 4.22. The Labute approximate surface area is 226 Å². The monoisotopic (exact) mass is 526 g/mol. The van der Waals surface area contributed by atoms with Crippen molar-refractivity contribution in [3.05, 3.63) is 75.3 Å². The van der Waals surface area contributed by atoms with Gasteiger partial charge >= 0.3 is 11.9 Å². The number of cyclic esters (lactones) is 2. The van der Waals surface area contributed by atoms with E-state index in [-0.39, 0.29) is 12.1 Å². The van der Waals surface area contributed by atoms with E-state index in [2.05, 4.69) is 29.4 Å². The van der Waals surface area contributed by atoms with Crippen LogP contribution in [0.5, 0.6) is 0 Å².